The highest BCUT2D eigenvalue weighted by molar-refractivity contribution is 5.00. The molecule has 1 rings (SSSR count). The summed E-state index contributed by atoms with van der Waals surface area (Å²) >= 11 is 0. The summed E-state index contributed by atoms with van der Waals surface area (Å²) in [7, 11) is 0. The van der Waals surface area contributed by atoms with Crippen molar-refractivity contribution < 1.29 is 9.84 Å². The fourth-order valence-corrected chi connectivity index (χ4v) is 2.71. The smallest absolute Gasteiger partial charge is 0.0788 e. The summed E-state index contributed by atoms with van der Waals surface area (Å²) in [5, 5.41) is 19.3. The Balaban J connectivity index is 2.50. The van der Waals surface area contributed by atoms with Gasteiger partial charge in [0.25, 0.3) is 0 Å². The van der Waals surface area contributed by atoms with E-state index in [9.17, 15) is 10.4 Å². The van der Waals surface area contributed by atoms with Crippen LogP contribution in [-0.2, 0) is 4.74 Å². The van der Waals surface area contributed by atoms with Crippen molar-refractivity contribution in [2.75, 3.05) is 13.2 Å². The SMILES string of the molecule is CCOCC(O)CC1(C#N)CCCCCCC1. The molecule has 1 fully saturated rings. The number of hydrogen-bond donors (Lipinski definition) is 1. The van der Waals surface area contributed by atoms with Gasteiger partial charge in [0.2, 0.25) is 0 Å². The lowest BCUT2D eigenvalue weighted by atomic mass is 9.74. The van der Waals surface area contributed by atoms with E-state index in [4.69, 9.17) is 4.74 Å². The van der Waals surface area contributed by atoms with E-state index in [2.05, 4.69) is 6.07 Å². The van der Waals surface area contributed by atoms with E-state index >= 15 is 0 Å². The third kappa shape index (κ3) is 5.06. The quantitative estimate of drug-likeness (QED) is 0.802. The van der Waals surface area contributed by atoms with Crippen LogP contribution < -0.4 is 0 Å². The van der Waals surface area contributed by atoms with Crippen molar-refractivity contribution in [3.8, 4) is 6.07 Å². The van der Waals surface area contributed by atoms with Crippen molar-refractivity contribution in [3.63, 3.8) is 0 Å². The highest BCUT2D eigenvalue weighted by Gasteiger charge is 2.32. The predicted molar refractivity (Wildman–Crippen MR) is 67.5 cm³/mol. The van der Waals surface area contributed by atoms with Gasteiger partial charge in [0.15, 0.2) is 0 Å². The lowest BCUT2D eigenvalue weighted by Gasteiger charge is -2.30. The molecule has 3 heteroatoms. The van der Waals surface area contributed by atoms with E-state index in [0.29, 0.717) is 19.6 Å². The molecule has 0 aliphatic heterocycles. The van der Waals surface area contributed by atoms with Crippen molar-refractivity contribution in [3.05, 3.63) is 0 Å². The topological polar surface area (TPSA) is 53.2 Å². The first-order valence-corrected chi connectivity index (χ1v) is 6.89. The van der Waals surface area contributed by atoms with Crippen molar-refractivity contribution in [1.82, 2.24) is 0 Å². The minimum atomic E-state index is -0.492. The third-order valence-corrected chi connectivity index (χ3v) is 3.69. The van der Waals surface area contributed by atoms with E-state index in [-0.39, 0.29) is 5.41 Å². The second-order valence-corrected chi connectivity index (χ2v) is 5.18. The normalized spacial score (nSPS) is 22.2. The number of hydrogen-bond acceptors (Lipinski definition) is 3. The Bertz CT molecular complexity index is 239. The van der Waals surface area contributed by atoms with Crippen molar-refractivity contribution in [2.45, 2.75) is 64.4 Å². The summed E-state index contributed by atoms with van der Waals surface area (Å²) < 4.78 is 5.22. The minimum Gasteiger partial charge on any atom is -0.391 e. The highest BCUT2D eigenvalue weighted by atomic mass is 16.5. The molecule has 0 aromatic heterocycles. The Kier molecular flexibility index (Phi) is 6.54. The van der Waals surface area contributed by atoms with Crippen LogP contribution in [-0.4, -0.2) is 24.4 Å². The summed E-state index contributed by atoms with van der Waals surface area (Å²) in [6.45, 7) is 2.90. The standard InChI is InChI=1S/C14H25NO2/c1-2-17-11-13(16)10-14(12-15)8-6-4-3-5-7-9-14/h13,16H,2-11H2,1H3. The molecule has 17 heavy (non-hydrogen) atoms. The van der Waals surface area contributed by atoms with E-state index in [1.807, 2.05) is 6.92 Å². The number of rotatable bonds is 5. The number of nitriles is 1. The van der Waals surface area contributed by atoms with Gasteiger partial charge in [-0.1, -0.05) is 32.1 Å². The molecule has 0 bridgehead atoms. The Hall–Kier alpha value is -0.590. The van der Waals surface area contributed by atoms with Crippen molar-refractivity contribution in [1.29, 1.82) is 5.26 Å². The first kappa shape index (κ1) is 14.5. The molecule has 1 saturated carbocycles. The van der Waals surface area contributed by atoms with Crippen LogP contribution in [0.15, 0.2) is 0 Å². The Morgan fingerprint density at radius 1 is 1.24 bits per heavy atom. The molecule has 0 aromatic carbocycles. The third-order valence-electron chi connectivity index (χ3n) is 3.69. The van der Waals surface area contributed by atoms with Gasteiger partial charge in [-0.15, -0.1) is 0 Å². The van der Waals surface area contributed by atoms with E-state index < -0.39 is 6.10 Å². The average Bonchev–Trinajstić information content (AvgIpc) is 2.30. The summed E-state index contributed by atoms with van der Waals surface area (Å²) in [6.07, 6.45) is 7.94. The van der Waals surface area contributed by atoms with Crippen LogP contribution in [0.25, 0.3) is 0 Å². The molecular weight excluding hydrogens is 214 g/mol. The Morgan fingerprint density at radius 3 is 2.35 bits per heavy atom. The van der Waals surface area contributed by atoms with Gasteiger partial charge in [0.05, 0.1) is 24.2 Å². The molecule has 0 amide bonds. The molecule has 1 N–H and O–H groups in total. The van der Waals surface area contributed by atoms with E-state index in [1.165, 1.54) is 19.3 Å². The summed E-state index contributed by atoms with van der Waals surface area (Å²) in [5.74, 6) is 0. The van der Waals surface area contributed by atoms with Gasteiger partial charge in [-0.2, -0.15) is 5.26 Å². The van der Waals surface area contributed by atoms with Crippen LogP contribution >= 0.6 is 0 Å². The average molecular weight is 239 g/mol. The molecule has 0 saturated heterocycles. The predicted octanol–water partition coefficient (Wildman–Crippen LogP) is 3.03. The molecule has 0 heterocycles. The van der Waals surface area contributed by atoms with Crippen LogP contribution in [0.5, 0.6) is 0 Å². The zero-order chi connectivity index (χ0) is 12.6. The summed E-state index contributed by atoms with van der Waals surface area (Å²) in [4.78, 5) is 0. The number of nitrogens with zero attached hydrogens (tertiary/aromatic N) is 1. The van der Waals surface area contributed by atoms with Crippen LogP contribution in [0.3, 0.4) is 0 Å². The summed E-state index contributed by atoms with van der Waals surface area (Å²) in [5.41, 5.74) is -0.309. The second kappa shape index (κ2) is 7.68. The largest absolute Gasteiger partial charge is 0.391 e. The van der Waals surface area contributed by atoms with Crippen molar-refractivity contribution >= 4 is 0 Å². The molecule has 98 valence electrons. The van der Waals surface area contributed by atoms with E-state index in [1.54, 1.807) is 0 Å². The van der Waals surface area contributed by atoms with Crippen LogP contribution in [0, 0.1) is 16.7 Å². The Labute approximate surface area is 105 Å². The Morgan fingerprint density at radius 2 is 1.82 bits per heavy atom. The number of aliphatic hydroxyl groups is 1. The fourth-order valence-electron chi connectivity index (χ4n) is 2.71. The van der Waals surface area contributed by atoms with Gasteiger partial charge < -0.3 is 9.84 Å². The lowest BCUT2D eigenvalue weighted by molar-refractivity contribution is 0.0170. The van der Waals surface area contributed by atoms with Crippen LogP contribution in [0.1, 0.15) is 58.3 Å². The maximum atomic E-state index is 9.91. The van der Waals surface area contributed by atoms with Gasteiger partial charge in [-0.25, -0.2) is 0 Å². The molecule has 1 atom stereocenters. The first-order valence-electron chi connectivity index (χ1n) is 6.89. The maximum Gasteiger partial charge on any atom is 0.0788 e. The van der Waals surface area contributed by atoms with Gasteiger partial charge in [0.1, 0.15) is 0 Å². The number of ether oxygens (including phenoxy) is 1. The molecule has 3 nitrogen and oxygen atoms in total. The van der Waals surface area contributed by atoms with Crippen LogP contribution in [0.2, 0.25) is 0 Å². The van der Waals surface area contributed by atoms with Gasteiger partial charge in [-0.05, 0) is 26.2 Å². The van der Waals surface area contributed by atoms with E-state index in [0.717, 1.165) is 25.7 Å². The zero-order valence-electron chi connectivity index (χ0n) is 11.0. The van der Waals surface area contributed by atoms with Gasteiger partial charge in [0, 0.05) is 6.61 Å². The molecular formula is C14H25NO2. The van der Waals surface area contributed by atoms with Gasteiger partial charge >= 0.3 is 0 Å². The molecule has 0 spiro atoms. The molecule has 1 unspecified atom stereocenters. The molecule has 1 aliphatic carbocycles. The lowest BCUT2D eigenvalue weighted by Crippen LogP contribution is -2.29. The number of aliphatic hydroxyl groups excluding tert-OH is 1. The minimum absolute atomic E-state index is 0.309. The highest BCUT2D eigenvalue weighted by Crippen LogP contribution is 2.37. The van der Waals surface area contributed by atoms with Gasteiger partial charge in [-0.3, -0.25) is 0 Å². The zero-order valence-corrected chi connectivity index (χ0v) is 11.0. The maximum absolute atomic E-state index is 9.91. The van der Waals surface area contributed by atoms with Crippen LogP contribution in [0.4, 0.5) is 0 Å². The molecule has 1 aliphatic rings. The fraction of sp³-hybridized carbons (Fsp3) is 0.929. The second-order valence-electron chi connectivity index (χ2n) is 5.18. The monoisotopic (exact) mass is 239 g/mol. The molecule has 0 aromatic rings. The molecule has 0 radical (unpaired) electrons. The summed E-state index contributed by atoms with van der Waals surface area (Å²) in [6, 6.07) is 2.48. The van der Waals surface area contributed by atoms with Crippen molar-refractivity contribution in [2.24, 2.45) is 5.41 Å². The first-order chi connectivity index (χ1) is 8.22.